The van der Waals surface area contributed by atoms with Crippen LogP contribution in [0.1, 0.15) is 40.0 Å². The van der Waals surface area contributed by atoms with E-state index in [-0.39, 0.29) is 41.1 Å². The van der Waals surface area contributed by atoms with Gasteiger partial charge >= 0.3 is 6.18 Å². The smallest absolute Gasteiger partial charge is 0.418 e. The Morgan fingerprint density at radius 3 is 2.71 bits per heavy atom. The largest absolute Gasteiger partial charge is 0.480 e. The Bertz CT molecular complexity index is 1640. The highest BCUT2D eigenvalue weighted by molar-refractivity contribution is 5.98. The molecule has 0 spiro atoms. The van der Waals surface area contributed by atoms with Gasteiger partial charge in [0.25, 0.3) is 5.91 Å². The lowest BCUT2D eigenvalue weighted by atomic mass is 10.0. The van der Waals surface area contributed by atoms with Crippen molar-refractivity contribution in [2.45, 2.75) is 37.8 Å². The van der Waals surface area contributed by atoms with Crippen molar-refractivity contribution in [3.8, 4) is 17.1 Å². The number of pyridine rings is 1. The quantitative estimate of drug-likeness (QED) is 0.349. The van der Waals surface area contributed by atoms with E-state index in [2.05, 4.69) is 44.3 Å². The van der Waals surface area contributed by atoms with Gasteiger partial charge < -0.3 is 15.8 Å². The zero-order chi connectivity index (χ0) is 29.1. The number of halogens is 4. The summed E-state index contributed by atoms with van der Waals surface area (Å²) < 4.78 is 63.0. The maximum Gasteiger partial charge on any atom is 0.418 e. The molecule has 9 nitrogen and oxygen atoms in total. The predicted octanol–water partition coefficient (Wildman–Crippen LogP) is 4.09. The van der Waals surface area contributed by atoms with Crippen molar-refractivity contribution in [1.29, 1.82) is 0 Å². The number of hydrogen-bond acceptors (Lipinski definition) is 7. The standard InChI is InChI=1S/C28H27F4N7O2/c1-14-7-15-5-3-4-6-17(15)23(14)38-11-20(29)21(12-38)37-26(40)18-8-16(10-34-27(18)41-2)22-9-19(28(30,31)32)24-25(33)35-13-36-39(22)24/h3-6,8-10,13-14,20-21,23H,7,11-12H2,1-2H3,(H,37,40)(H2,33,35,36)/t14?,20-,21+,23?/m0/s1. The van der Waals surface area contributed by atoms with Crippen LogP contribution in [0.2, 0.25) is 0 Å². The first-order valence-electron chi connectivity index (χ1n) is 13.1. The van der Waals surface area contributed by atoms with Crippen LogP contribution >= 0.6 is 0 Å². The van der Waals surface area contributed by atoms with Gasteiger partial charge in [-0.15, -0.1) is 0 Å². The van der Waals surface area contributed by atoms with Crippen LogP contribution in [0.25, 0.3) is 16.8 Å². The Hall–Kier alpha value is -4.26. The Morgan fingerprint density at radius 2 is 1.95 bits per heavy atom. The fraction of sp³-hybridized carbons (Fsp3) is 0.357. The number of nitrogen functional groups attached to an aromatic ring is 1. The van der Waals surface area contributed by atoms with Gasteiger partial charge in [0.05, 0.1) is 24.4 Å². The second-order valence-electron chi connectivity index (χ2n) is 10.5. The van der Waals surface area contributed by atoms with Crippen LogP contribution in [-0.4, -0.2) is 62.8 Å². The highest BCUT2D eigenvalue weighted by Crippen LogP contribution is 2.42. The molecule has 2 aliphatic rings. The minimum Gasteiger partial charge on any atom is -0.480 e. The summed E-state index contributed by atoms with van der Waals surface area (Å²) in [6.07, 6.45) is -2.84. The number of nitrogens with one attached hydrogen (secondary N) is 1. The Morgan fingerprint density at radius 1 is 1.17 bits per heavy atom. The summed E-state index contributed by atoms with van der Waals surface area (Å²) in [5.41, 5.74) is 6.84. The molecular weight excluding hydrogens is 542 g/mol. The normalized spacial score (nSPS) is 22.7. The van der Waals surface area contributed by atoms with Crippen molar-refractivity contribution in [3.05, 3.63) is 71.2 Å². The second kappa shape index (κ2) is 9.98. The van der Waals surface area contributed by atoms with Crippen LogP contribution in [-0.2, 0) is 12.6 Å². The molecule has 1 saturated heterocycles. The summed E-state index contributed by atoms with van der Waals surface area (Å²) in [7, 11) is 1.31. The first kappa shape index (κ1) is 26.9. The summed E-state index contributed by atoms with van der Waals surface area (Å²) in [6, 6.07) is 9.60. The van der Waals surface area contributed by atoms with E-state index in [0.29, 0.717) is 12.5 Å². The molecular formula is C28H27F4N7O2. The molecule has 1 aromatic carbocycles. The molecule has 4 heterocycles. The number of fused-ring (bicyclic) bond motifs is 2. The van der Waals surface area contributed by atoms with E-state index < -0.39 is 35.4 Å². The van der Waals surface area contributed by atoms with E-state index in [1.54, 1.807) is 0 Å². The van der Waals surface area contributed by atoms with Crippen LogP contribution in [0, 0.1) is 5.92 Å². The molecule has 0 bridgehead atoms. The molecule has 0 saturated carbocycles. The van der Waals surface area contributed by atoms with E-state index in [0.717, 1.165) is 23.3 Å². The molecule has 3 N–H and O–H groups in total. The van der Waals surface area contributed by atoms with Crippen LogP contribution in [0.3, 0.4) is 0 Å². The van der Waals surface area contributed by atoms with E-state index in [9.17, 15) is 18.0 Å². The number of alkyl halides is 4. The van der Waals surface area contributed by atoms with E-state index in [4.69, 9.17) is 10.5 Å². The lowest BCUT2D eigenvalue weighted by molar-refractivity contribution is -0.136. The third-order valence-corrected chi connectivity index (χ3v) is 7.91. The van der Waals surface area contributed by atoms with Crippen molar-refractivity contribution in [3.63, 3.8) is 0 Å². The minimum atomic E-state index is -4.73. The number of anilines is 1. The van der Waals surface area contributed by atoms with Gasteiger partial charge in [-0.1, -0.05) is 31.2 Å². The third-order valence-electron chi connectivity index (χ3n) is 7.91. The Labute approximate surface area is 232 Å². The number of carbonyl (C=O) groups is 1. The van der Waals surface area contributed by atoms with Gasteiger partial charge in [0.15, 0.2) is 5.82 Å². The summed E-state index contributed by atoms with van der Waals surface area (Å²) in [5.74, 6) is -0.763. The van der Waals surface area contributed by atoms with Crippen LogP contribution in [0.15, 0.2) is 48.9 Å². The van der Waals surface area contributed by atoms with Crippen LogP contribution in [0.4, 0.5) is 23.4 Å². The highest BCUT2D eigenvalue weighted by atomic mass is 19.4. The van der Waals surface area contributed by atoms with Gasteiger partial charge in [0, 0.05) is 30.9 Å². The fourth-order valence-electron chi connectivity index (χ4n) is 6.14. The lowest BCUT2D eigenvalue weighted by Gasteiger charge is -2.28. The van der Waals surface area contributed by atoms with Gasteiger partial charge in [-0.2, -0.15) is 18.3 Å². The number of rotatable bonds is 5. The number of aromatic nitrogens is 4. The van der Waals surface area contributed by atoms with Crippen LogP contribution < -0.4 is 15.8 Å². The molecule has 1 aliphatic carbocycles. The maximum atomic E-state index is 15.3. The molecule has 3 aromatic heterocycles. The molecule has 2 unspecified atom stereocenters. The van der Waals surface area contributed by atoms with Crippen molar-refractivity contribution in [2.75, 3.05) is 25.9 Å². The molecule has 4 atom stereocenters. The number of likely N-dealkylation sites (tertiary alicyclic amines) is 1. The van der Waals surface area contributed by atoms with Crippen molar-refractivity contribution in [1.82, 2.24) is 29.8 Å². The number of ether oxygens (including phenoxy) is 1. The summed E-state index contributed by atoms with van der Waals surface area (Å²) in [4.78, 5) is 23.3. The number of methoxy groups -OCH3 is 1. The molecule has 1 amide bonds. The maximum absolute atomic E-state index is 15.3. The summed E-state index contributed by atoms with van der Waals surface area (Å²) in [6.45, 7) is 2.61. The zero-order valence-electron chi connectivity index (χ0n) is 22.2. The topological polar surface area (TPSA) is 111 Å². The average molecular weight is 570 g/mol. The average Bonchev–Trinajstić information content (AvgIpc) is 3.61. The molecule has 1 aliphatic heterocycles. The summed E-state index contributed by atoms with van der Waals surface area (Å²) >= 11 is 0. The molecule has 13 heteroatoms. The van der Waals surface area contributed by atoms with Gasteiger partial charge in [0.2, 0.25) is 5.88 Å². The fourth-order valence-corrected chi connectivity index (χ4v) is 6.14. The van der Waals surface area contributed by atoms with Gasteiger partial charge in [-0.05, 0) is 35.6 Å². The Kier molecular flexibility index (Phi) is 6.56. The third kappa shape index (κ3) is 4.63. The van der Waals surface area contributed by atoms with E-state index in [1.807, 2.05) is 12.1 Å². The first-order valence-corrected chi connectivity index (χ1v) is 13.1. The molecule has 41 heavy (non-hydrogen) atoms. The molecule has 4 aromatic rings. The Balaban J connectivity index is 1.29. The first-order chi connectivity index (χ1) is 19.6. The van der Waals surface area contributed by atoms with E-state index in [1.165, 1.54) is 30.5 Å². The van der Waals surface area contributed by atoms with Crippen molar-refractivity contribution in [2.24, 2.45) is 5.92 Å². The highest BCUT2D eigenvalue weighted by Gasteiger charge is 2.42. The van der Waals surface area contributed by atoms with Crippen molar-refractivity contribution < 1.29 is 27.1 Å². The summed E-state index contributed by atoms with van der Waals surface area (Å²) in [5, 5.41) is 6.70. The second-order valence-corrected chi connectivity index (χ2v) is 10.5. The molecule has 214 valence electrons. The number of amides is 1. The zero-order valence-corrected chi connectivity index (χ0v) is 22.2. The number of benzene rings is 1. The van der Waals surface area contributed by atoms with E-state index >= 15 is 4.39 Å². The minimum absolute atomic E-state index is 0.00470. The lowest BCUT2D eigenvalue weighted by Crippen LogP contribution is -2.42. The number of nitrogens with zero attached hydrogens (tertiary/aromatic N) is 5. The van der Waals surface area contributed by atoms with Crippen molar-refractivity contribution >= 4 is 17.2 Å². The molecule has 0 radical (unpaired) electrons. The van der Waals surface area contributed by atoms with Gasteiger partial charge in [-0.25, -0.2) is 18.9 Å². The van der Waals surface area contributed by atoms with Gasteiger partial charge in [-0.3, -0.25) is 9.69 Å². The number of nitrogens with two attached hydrogens (primary N) is 1. The molecule has 6 rings (SSSR count). The monoisotopic (exact) mass is 569 g/mol. The number of carbonyl (C=O) groups excluding carboxylic acids is 1. The predicted molar refractivity (Wildman–Crippen MR) is 142 cm³/mol. The van der Waals surface area contributed by atoms with Crippen LogP contribution in [0.5, 0.6) is 5.88 Å². The SMILES string of the molecule is COc1ncc(-c2cc(C(F)(F)F)c3c(N)ncnn23)cc1C(=O)N[C@@H]1CN(C2c3ccccc3CC2C)C[C@@H]1F. The number of hydrogen-bond donors (Lipinski definition) is 2. The molecule has 1 fully saturated rings. The van der Waals surface area contributed by atoms with Gasteiger partial charge in [0.1, 0.15) is 23.6 Å².